The highest BCUT2D eigenvalue weighted by Crippen LogP contribution is 2.75. The molecule has 0 amide bonds. The summed E-state index contributed by atoms with van der Waals surface area (Å²) < 4.78 is 41.5. The van der Waals surface area contributed by atoms with Crippen LogP contribution in [0.2, 0.25) is 0 Å². The lowest BCUT2D eigenvalue weighted by atomic mass is 9.51. The Morgan fingerprint density at radius 1 is 0.912 bits per heavy atom. The van der Waals surface area contributed by atoms with E-state index in [1.54, 1.807) is 0 Å². The summed E-state index contributed by atoms with van der Waals surface area (Å²) in [5, 5.41) is 9.92. The van der Waals surface area contributed by atoms with Gasteiger partial charge in [-0.05, 0) is 112 Å². The van der Waals surface area contributed by atoms with Gasteiger partial charge in [0.1, 0.15) is 0 Å². The standard InChI is InChI=1S/C29H48F2O3/c1-5-25(4,18-24(2,3)28-13-9-26(19-28,10-14-28)22(30)32)29-15-11-27(20-29,12-16-29)23(31)34-21-8-6-7-17-33-21/h21-23,32H,5-20H2,1-4H3. The summed E-state index contributed by atoms with van der Waals surface area (Å²) >= 11 is 0. The van der Waals surface area contributed by atoms with E-state index < -0.39 is 18.1 Å². The molecule has 3 nitrogen and oxygen atoms in total. The molecular weight excluding hydrogens is 434 g/mol. The van der Waals surface area contributed by atoms with Gasteiger partial charge in [-0.1, -0.05) is 34.1 Å². The van der Waals surface area contributed by atoms with Gasteiger partial charge in [-0.2, -0.15) is 0 Å². The van der Waals surface area contributed by atoms with Crippen LogP contribution in [0.1, 0.15) is 124 Å². The summed E-state index contributed by atoms with van der Waals surface area (Å²) in [6.07, 6.45) is 11.2. The average Bonchev–Trinajstić information content (AvgIpc) is 3.59. The van der Waals surface area contributed by atoms with Gasteiger partial charge >= 0.3 is 0 Å². The fraction of sp³-hybridized carbons (Fsp3) is 1.00. The van der Waals surface area contributed by atoms with Crippen molar-refractivity contribution in [1.29, 1.82) is 0 Å². The SMILES string of the molecule is CCC(C)(CC(C)(C)C12CCC(C(O)F)(CC1)C2)C12CCC(C(F)OC3CCCCO3)(CC1)C2. The molecule has 196 valence electrons. The number of ether oxygens (including phenoxy) is 2. The first-order valence-corrected chi connectivity index (χ1v) is 14.2. The van der Waals surface area contributed by atoms with Crippen LogP contribution in [0, 0.1) is 32.5 Å². The first-order valence-electron chi connectivity index (χ1n) is 14.2. The minimum atomic E-state index is -1.69. The Labute approximate surface area is 205 Å². The Morgan fingerprint density at radius 2 is 1.50 bits per heavy atom. The van der Waals surface area contributed by atoms with Crippen LogP contribution < -0.4 is 0 Å². The van der Waals surface area contributed by atoms with E-state index in [9.17, 15) is 9.50 Å². The van der Waals surface area contributed by atoms with Gasteiger partial charge in [0.15, 0.2) is 6.29 Å². The Morgan fingerprint density at radius 3 is 2.03 bits per heavy atom. The quantitative estimate of drug-likeness (QED) is 0.364. The van der Waals surface area contributed by atoms with Crippen LogP contribution in [0.15, 0.2) is 0 Å². The second-order valence-electron chi connectivity index (χ2n) is 14.2. The number of hydrogen-bond donors (Lipinski definition) is 1. The molecule has 1 heterocycles. The van der Waals surface area contributed by atoms with Crippen molar-refractivity contribution in [2.45, 2.75) is 143 Å². The zero-order chi connectivity index (χ0) is 24.5. The predicted molar refractivity (Wildman–Crippen MR) is 129 cm³/mol. The van der Waals surface area contributed by atoms with Crippen molar-refractivity contribution in [3.8, 4) is 0 Å². The van der Waals surface area contributed by atoms with Gasteiger partial charge in [-0.25, -0.2) is 8.78 Å². The number of rotatable bonds is 9. The topological polar surface area (TPSA) is 38.7 Å². The van der Waals surface area contributed by atoms with Crippen molar-refractivity contribution >= 4 is 0 Å². The molecule has 1 N–H and O–H groups in total. The number of aliphatic hydroxyl groups is 1. The van der Waals surface area contributed by atoms with E-state index in [-0.39, 0.29) is 33.4 Å². The van der Waals surface area contributed by atoms with Gasteiger partial charge in [0, 0.05) is 17.4 Å². The number of halogens is 2. The van der Waals surface area contributed by atoms with Crippen molar-refractivity contribution in [3.05, 3.63) is 0 Å². The van der Waals surface area contributed by atoms with E-state index in [0.29, 0.717) is 6.61 Å². The molecule has 0 aromatic carbocycles. The van der Waals surface area contributed by atoms with Crippen molar-refractivity contribution in [3.63, 3.8) is 0 Å². The number of hydrogen-bond acceptors (Lipinski definition) is 3. The summed E-state index contributed by atoms with van der Waals surface area (Å²) in [5.74, 6) is 0. The molecule has 0 spiro atoms. The molecule has 4 atom stereocenters. The minimum Gasteiger partial charge on any atom is -0.364 e. The number of alkyl halides is 2. The van der Waals surface area contributed by atoms with E-state index >= 15 is 4.39 Å². The third-order valence-corrected chi connectivity index (χ3v) is 12.5. The highest BCUT2D eigenvalue weighted by molar-refractivity contribution is 5.16. The lowest BCUT2D eigenvalue weighted by Gasteiger charge is -2.54. The lowest BCUT2D eigenvalue weighted by molar-refractivity contribution is -0.248. The fourth-order valence-electron chi connectivity index (χ4n) is 9.82. The number of fused-ring (bicyclic) bond motifs is 4. The van der Waals surface area contributed by atoms with Crippen molar-refractivity contribution in [2.75, 3.05) is 6.61 Å². The smallest absolute Gasteiger partial charge is 0.207 e. The Bertz CT molecular complexity index is 742. The van der Waals surface area contributed by atoms with Gasteiger partial charge in [0.05, 0.1) is 0 Å². The lowest BCUT2D eigenvalue weighted by Crippen LogP contribution is -2.45. The molecule has 1 saturated heterocycles. The average molecular weight is 483 g/mol. The van der Waals surface area contributed by atoms with Gasteiger partial charge in [-0.15, -0.1) is 0 Å². The molecule has 5 aliphatic rings. The molecule has 4 bridgehead atoms. The minimum absolute atomic E-state index is 0.0645. The molecular formula is C29H48F2O3. The van der Waals surface area contributed by atoms with Crippen LogP contribution in [0.4, 0.5) is 8.78 Å². The molecule has 5 heteroatoms. The molecule has 1 aliphatic heterocycles. The summed E-state index contributed by atoms with van der Waals surface area (Å²) in [6.45, 7) is 10.3. The Hall–Kier alpha value is -0.260. The molecule has 4 saturated carbocycles. The van der Waals surface area contributed by atoms with Crippen LogP contribution in [0.25, 0.3) is 0 Å². The van der Waals surface area contributed by atoms with Crippen molar-refractivity contribution in [1.82, 2.24) is 0 Å². The number of aliphatic hydroxyl groups excluding tert-OH is 1. The first kappa shape index (κ1) is 25.4. The maximum atomic E-state index is 15.7. The normalized spacial score (nSPS) is 45.4. The van der Waals surface area contributed by atoms with E-state index in [1.165, 1.54) is 0 Å². The van der Waals surface area contributed by atoms with Crippen molar-refractivity contribution in [2.24, 2.45) is 32.5 Å². The highest BCUT2D eigenvalue weighted by atomic mass is 19.1. The maximum absolute atomic E-state index is 15.7. The van der Waals surface area contributed by atoms with Gasteiger partial charge < -0.3 is 14.6 Å². The highest BCUT2D eigenvalue weighted by Gasteiger charge is 2.67. The molecule has 34 heavy (non-hydrogen) atoms. The largest absolute Gasteiger partial charge is 0.364 e. The van der Waals surface area contributed by atoms with E-state index in [1.807, 2.05) is 0 Å². The van der Waals surface area contributed by atoms with Gasteiger partial charge in [0.25, 0.3) is 0 Å². The van der Waals surface area contributed by atoms with Crippen LogP contribution >= 0.6 is 0 Å². The second kappa shape index (κ2) is 8.38. The summed E-state index contributed by atoms with van der Waals surface area (Å²) in [7, 11) is 0. The molecule has 5 fully saturated rings. The molecule has 4 aliphatic carbocycles. The Kier molecular flexibility index (Phi) is 6.26. The maximum Gasteiger partial charge on any atom is 0.207 e. The summed E-state index contributed by atoms with van der Waals surface area (Å²) in [5.41, 5.74) is -0.403. The molecule has 0 radical (unpaired) electrons. The van der Waals surface area contributed by atoms with E-state index in [4.69, 9.17) is 9.47 Å². The third-order valence-electron chi connectivity index (χ3n) is 12.5. The zero-order valence-corrected chi connectivity index (χ0v) is 22.1. The first-order chi connectivity index (χ1) is 16.0. The molecule has 4 unspecified atom stereocenters. The second-order valence-corrected chi connectivity index (χ2v) is 14.2. The van der Waals surface area contributed by atoms with E-state index in [0.717, 1.165) is 96.3 Å². The summed E-state index contributed by atoms with van der Waals surface area (Å²) in [4.78, 5) is 0. The van der Waals surface area contributed by atoms with Crippen LogP contribution in [-0.4, -0.2) is 30.7 Å². The molecule has 0 aromatic rings. The van der Waals surface area contributed by atoms with Crippen LogP contribution in [0.3, 0.4) is 0 Å². The molecule has 5 rings (SSSR count). The summed E-state index contributed by atoms with van der Waals surface area (Å²) in [6, 6.07) is 0. The van der Waals surface area contributed by atoms with Gasteiger partial charge in [-0.3, -0.25) is 0 Å². The van der Waals surface area contributed by atoms with Crippen LogP contribution in [-0.2, 0) is 9.47 Å². The Balaban J connectivity index is 1.32. The molecule has 0 aromatic heterocycles. The van der Waals surface area contributed by atoms with Gasteiger partial charge in [0.2, 0.25) is 12.7 Å². The third kappa shape index (κ3) is 3.64. The fourth-order valence-corrected chi connectivity index (χ4v) is 9.82. The predicted octanol–water partition coefficient (Wildman–Crippen LogP) is 7.85. The zero-order valence-electron chi connectivity index (χ0n) is 22.1. The van der Waals surface area contributed by atoms with Crippen molar-refractivity contribution < 1.29 is 23.4 Å². The monoisotopic (exact) mass is 482 g/mol. The van der Waals surface area contributed by atoms with E-state index in [2.05, 4.69) is 27.7 Å². The van der Waals surface area contributed by atoms with Crippen LogP contribution in [0.5, 0.6) is 0 Å².